The molecule has 158 valence electrons. The third-order valence-corrected chi connectivity index (χ3v) is 5.34. The molecule has 0 bridgehead atoms. The molecule has 1 aromatic carbocycles. The lowest BCUT2D eigenvalue weighted by Gasteiger charge is -2.12. The van der Waals surface area contributed by atoms with E-state index in [-0.39, 0.29) is 17.9 Å². The highest BCUT2D eigenvalue weighted by Crippen LogP contribution is 2.28. The van der Waals surface area contributed by atoms with Crippen molar-refractivity contribution in [1.82, 2.24) is 20.2 Å². The number of fused-ring (bicyclic) bond motifs is 1. The molecule has 0 saturated heterocycles. The van der Waals surface area contributed by atoms with Crippen LogP contribution in [0.3, 0.4) is 0 Å². The molecule has 0 aliphatic rings. The van der Waals surface area contributed by atoms with Crippen LogP contribution in [0.15, 0.2) is 42.6 Å². The number of rotatable bonds is 6. The predicted octanol–water partition coefficient (Wildman–Crippen LogP) is 4.24. The molecular formula is C21H17FIN5O3. The molecule has 0 spiro atoms. The summed E-state index contributed by atoms with van der Waals surface area (Å²) >= 11 is 1.91. The molecule has 0 radical (unpaired) electrons. The van der Waals surface area contributed by atoms with Crippen molar-refractivity contribution in [2.75, 3.05) is 12.4 Å². The average molecular weight is 533 g/mol. The lowest BCUT2D eigenvalue weighted by atomic mass is 10.1. The number of nitrogens with zero attached hydrogens (tertiary/aromatic N) is 3. The summed E-state index contributed by atoms with van der Waals surface area (Å²) < 4.78 is 26.3. The second-order valence-corrected chi connectivity index (χ2v) is 7.76. The Morgan fingerprint density at radius 1 is 1.29 bits per heavy atom. The normalized spacial score (nSPS) is 10.8. The van der Waals surface area contributed by atoms with E-state index in [4.69, 9.17) is 9.47 Å². The topological polar surface area (TPSA) is 102 Å². The van der Waals surface area contributed by atoms with E-state index in [1.807, 2.05) is 41.6 Å². The molecule has 0 saturated carbocycles. The van der Waals surface area contributed by atoms with Crippen LogP contribution >= 0.6 is 22.6 Å². The van der Waals surface area contributed by atoms with Gasteiger partial charge >= 0.3 is 0 Å². The van der Waals surface area contributed by atoms with Crippen molar-refractivity contribution in [1.29, 1.82) is 0 Å². The minimum absolute atomic E-state index is 0.0287. The number of hydrogen-bond donors (Lipinski definition) is 2. The van der Waals surface area contributed by atoms with Crippen molar-refractivity contribution < 1.29 is 18.7 Å². The first kappa shape index (κ1) is 21.0. The maximum absolute atomic E-state index is 15.1. The van der Waals surface area contributed by atoms with Gasteiger partial charge in [-0.1, -0.05) is 6.07 Å². The van der Waals surface area contributed by atoms with Crippen LogP contribution in [0.1, 0.15) is 21.7 Å². The molecule has 0 aliphatic carbocycles. The number of pyridine rings is 2. The molecule has 1 amide bonds. The number of nitrogens with one attached hydrogen (secondary N) is 2. The van der Waals surface area contributed by atoms with Crippen molar-refractivity contribution in [3.63, 3.8) is 0 Å². The minimum atomic E-state index is -0.744. The van der Waals surface area contributed by atoms with Crippen molar-refractivity contribution in [3.8, 4) is 11.6 Å². The van der Waals surface area contributed by atoms with Gasteiger partial charge in [-0.05, 0) is 59.8 Å². The number of aromatic nitrogens is 4. The summed E-state index contributed by atoms with van der Waals surface area (Å²) in [5, 5.41) is 9.97. The SMILES string of the molecule is COc1n[nH]c2ncc(NC(=O)c3c(I)ccc(OCc4cccc(C)n4)c3F)cc12. The molecule has 0 unspecified atom stereocenters. The van der Waals surface area contributed by atoms with Crippen molar-refractivity contribution >= 4 is 45.2 Å². The summed E-state index contributed by atoms with van der Waals surface area (Å²) in [6.45, 7) is 1.95. The molecule has 31 heavy (non-hydrogen) atoms. The van der Waals surface area contributed by atoms with Gasteiger partial charge in [0.15, 0.2) is 17.2 Å². The van der Waals surface area contributed by atoms with Gasteiger partial charge in [-0.3, -0.25) is 14.9 Å². The summed E-state index contributed by atoms with van der Waals surface area (Å²) in [5.41, 5.74) is 2.27. The summed E-state index contributed by atoms with van der Waals surface area (Å²) in [5.74, 6) is -1.05. The number of halogens is 2. The Morgan fingerprint density at radius 3 is 2.90 bits per heavy atom. The number of ether oxygens (including phenoxy) is 2. The van der Waals surface area contributed by atoms with Gasteiger partial charge < -0.3 is 14.8 Å². The maximum Gasteiger partial charge on any atom is 0.259 e. The first-order valence-electron chi connectivity index (χ1n) is 9.19. The Hall–Kier alpha value is -3.28. The number of benzene rings is 1. The van der Waals surface area contributed by atoms with Crippen molar-refractivity contribution in [2.24, 2.45) is 0 Å². The van der Waals surface area contributed by atoms with E-state index >= 15 is 4.39 Å². The molecule has 4 aromatic rings. The second-order valence-electron chi connectivity index (χ2n) is 6.60. The smallest absolute Gasteiger partial charge is 0.259 e. The Bertz CT molecular complexity index is 1280. The molecular weight excluding hydrogens is 516 g/mol. The molecule has 0 aliphatic heterocycles. The highest BCUT2D eigenvalue weighted by Gasteiger charge is 2.21. The van der Waals surface area contributed by atoms with Crippen LogP contribution in [0.5, 0.6) is 11.6 Å². The van der Waals surface area contributed by atoms with E-state index in [1.54, 1.807) is 18.2 Å². The number of anilines is 1. The number of aromatic amines is 1. The van der Waals surface area contributed by atoms with Crippen molar-refractivity contribution in [3.05, 3.63) is 68.9 Å². The predicted molar refractivity (Wildman–Crippen MR) is 121 cm³/mol. The number of amides is 1. The van der Waals surface area contributed by atoms with Gasteiger partial charge in [-0.15, -0.1) is 5.10 Å². The maximum atomic E-state index is 15.1. The first-order chi connectivity index (χ1) is 15.0. The van der Waals surface area contributed by atoms with E-state index in [9.17, 15) is 4.79 Å². The zero-order chi connectivity index (χ0) is 22.0. The standard InChI is InChI=1S/C21H17FIN5O3/c1-11-4-3-5-12(25-11)10-31-16-7-6-15(23)17(18(16)22)20(29)26-13-8-14-19(24-9-13)27-28-21(14)30-2/h3-9H,10H2,1-2H3,(H,26,29)(H,24,27,28). The molecule has 0 atom stereocenters. The number of H-pyrrole nitrogens is 1. The van der Waals surface area contributed by atoms with E-state index in [0.29, 0.717) is 31.9 Å². The highest BCUT2D eigenvalue weighted by molar-refractivity contribution is 14.1. The fourth-order valence-electron chi connectivity index (χ4n) is 2.98. The van der Waals surface area contributed by atoms with Crippen LogP contribution in [0, 0.1) is 16.3 Å². The van der Waals surface area contributed by atoms with Gasteiger partial charge in [0.05, 0.1) is 35.6 Å². The zero-order valence-corrected chi connectivity index (χ0v) is 18.7. The molecule has 3 heterocycles. The monoisotopic (exact) mass is 533 g/mol. The molecule has 2 N–H and O–H groups in total. The number of aryl methyl sites for hydroxylation is 1. The van der Waals surface area contributed by atoms with Crippen LogP contribution in [0.2, 0.25) is 0 Å². The number of carbonyl (C=O) groups is 1. The fraction of sp³-hybridized carbons (Fsp3) is 0.143. The highest BCUT2D eigenvalue weighted by atomic mass is 127. The van der Waals surface area contributed by atoms with E-state index < -0.39 is 11.7 Å². The Morgan fingerprint density at radius 2 is 2.13 bits per heavy atom. The van der Waals surface area contributed by atoms with Gasteiger partial charge in [-0.25, -0.2) is 9.37 Å². The van der Waals surface area contributed by atoms with Crippen LogP contribution in [-0.4, -0.2) is 33.2 Å². The summed E-state index contributed by atoms with van der Waals surface area (Å²) in [6, 6.07) is 10.3. The lowest BCUT2D eigenvalue weighted by molar-refractivity contribution is 0.102. The van der Waals surface area contributed by atoms with E-state index in [0.717, 1.165) is 5.69 Å². The molecule has 4 rings (SSSR count). The largest absolute Gasteiger partial charge is 0.484 e. The molecule has 0 fully saturated rings. The Kier molecular flexibility index (Phi) is 5.98. The van der Waals surface area contributed by atoms with Gasteiger partial charge in [0.2, 0.25) is 5.88 Å². The van der Waals surface area contributed by atoms with Gasteiger partial charge in [0.25, 0.3) is 5.91 Å². The number of carbonyl (C=O) groups excluding carboxylic acids is 1. The quantitative estimate of drug-likeness (QED) is 0.360. The van der Waals surface area contributed by atoms with Crippen molar-refractivity contribution in [2.45, 2.75) is 13.5 Å². The van der Waals surface area contributed by atoms with E-state index in [1.165, 1.54) is 19.4 Å². The third kappa shape index (κ3) is 4.43. The third-order valence-electron chi connectivity index (χ3n) is 4.44. The van der Waals surface area contributed by atoms with Gasteiger partial charge in [0.1, 0.15) is 6.61 Å². The summed E-state index contributed by atoms with van der Waals surface area (Å²) in [7, 11) is 1.48. The Labute approximate surface area is 190 Å². The Balaban J connectivity index is 1.57. The minimum Gasteiger partial charge on any atom is -0.484 e. The van der Waals surface area contributed by atoms with Gasteiger partial charge in [0, 0.05) is 9.26 Å². The molecule has 8 nitrogen and oxygen atoms in total. The lowest BCUT2D eigenvalue weighted by Crippen LogP contribution is -2.16. The van der Waals surface area contributed by atoms with Crippen LogP contribution in [-0.2, 0) is 6.61 Å². The molecule has 10 heteroatoms. The molecule has 3 aromatic heterocycles. The van der Waals surface area contributed by atoms with Crippen LogP contribution in [0.4, 0.5) is 10.1 Å². The van der Waals surface area contributed by atoms with Crippen LogP contribution in [0.25, 0.3) is 11.0 Å². The number of methoxy groups -OCH3 is 1. The summed E-state index contributed by atoms with van der Waals surface area (Å²) in [6.07, 6.45) is 1.45. The van der Waals surface area contributed by atoms with Crippen LogP contribution < -0.4 is 14.8 Å². The number of hydrogen-bond acceptors (Lipinski definition) is 6. The van der Waals surface area contributed by atoms with E-state index in [2.05, 4.69) is 25.5 Å². The second kappa shape index (κ2) is 8.84. The first-order valence-corrected chi connectivity index (χ1v) is 10.3. The zero-order valence-electron chi connectivity index (χ0n) is 16.6. The summed E-state index contributed by atoms with van der Waals surface area (Å²) in [4.78, 5) is 21.4. The average Bonchev–Trinajstić information content (AvgIpc) is 3.15. The van der Waals surface area contributed by atoms with Gasteiger partial charge in [-0.2, -0.15) is 0 Å². The fourth-order valence-corrected chi connectivity index (χ4v) is 3.64.